The lowest BCUT2D eigenvalue weighted by atomic mass is 9.86. The highest BCUT2D eigenvalue weighted by molar-refractivity contribution is 6.09. The van der Waals surface area contributed by atoms with Crippen LogP contribution in [0.5, 0.6) is 0 Å². The minimum Gasteiger partial charge on any atom is -0.464 e. The minimum absolute atomic E-state index is 0.378. The van der Waals surface area contributed by atoms with E-state index in [0.717, 1.165) is 46.0 Å². The predicted octanol–water partition coefficient (Wildman–Crippen LogP) is 4.26. The molecule has 4 rings (SSSR count). The van der Waals surface area contributed by atoms with Crippen molar-refractivity contribution in [3.63, 3.8) is 0 Å². The molecule has 1 saturated carbocycles. The van der Waals surface area contributed by atoms with Crippen molar-refractivity contribution in [1.29, 1.82) is 0 Å². The second kappa shape index (κ2) is 6.14. The SMILES string of the molecule is COC(=O)c1cc2c3cc(C)cnc3n(C)c2c(C2CCCCC2)n1. The summed E-state index contributed by atoms with van der Waals surface area (Å²) in [4.78, 5) is 21.6. The van der Waals surface area contributed by atoms with E-state index in [2.05, 4.69) is 15.6 Å². The first-order valence-electron chi connectivity index (χ1n) is 8.94. The molecule has 0 amide bonds. The minimum atomic E-state index is -0.378. The maximum atomic E-state index is 12.2. The van der Waals surface area contributed by atoms with Gasteiger partial charge in [-0.1, -0.05) is 19.3 Å². The molecule has 0 bridgehead atoms. The number of rotatable bonds is 2. The number of ether oxygens (including phenoxy) is 1. The van der Waals surface area contributed by atoms with Crippen LogP contribution < -0.4 is 0 Å². The van der Waals surface area contributed by atoms with Gasteiger partial charge in [0.2, 0.25) is 0 Å². The molecule has 0 N–H and O–H groups in total. The van der Waals surface area contributed by atoms with E-state index >= 15 is 0 Å². The van der Waals surface area contributed by atoms with E-state index in [1.807, 2.05) is 26.2 Å². The van der Waals surface area contributed by atoms with Crippen LogP contribution in [0.3, 0.4) is 0 Å². The van der Waals surface area contributed by atoms with Crippen molar-refractivity contribution < 1.29 is 9.53 Å². The van der Waals surface area contributed by atoms with Crippen LogP contribution in [0, 0.1) is 6.92 Å². The average molecular weight is 337 g/mol. The maximum absolute atomic E-state index is 12.2. The molecule has 0 saturated heterocycles. The van der Waals surface area contributed by atoms with Gasteiger partial charge in [-0.2, -0.15) is 0 Å². The van der Waals surface area contributed by atoms with Gasteiger partial charge < -0.3 is 9.30 Å². The van der Waals surface area contributed by atoms with Gasteiger partial charge in [0.25, 0.3) is 0 Å². The summed E-state index contributed by atoms with van der Waals surface area (Å²) >= 11 is 0. The number of carbonyl (C=O) groups excluding carboxylic acids is 1. The standard InChI is InChI=1S/C20H23N3O2/c1-12-9-15-14-10-16(20(24)25-3)22-17(13-7-5-4-6-8-13)18(14)23(2)19(15)21-11-12/h9-11,13H,4-8H2,1-3H3. The Labute approximate surface area is 147 Å². The highest BCUT2D eigenvalue weighted by atomic mass is 16.5. The Kier molecular flexibility index (Phi) is 3.94. The fraction of sp³-hybridized carbons (Fsp3) is 0.450. The molecule has 0 aliphatic heterocycles. The molecule has 1 fully saturated rings. The van der Waals surface area contributed by atoms with Gasteiger partial charge in [0.15, 0.2) is 0 Å². The lowest BCUT2D eigenvalue weighted by Crippen LogP contribution is -2.12. The van der Waals surface area contributed by atoms with Gasteiger partial charge >= 0.3 is 5.97 Å². The Morgan fingerprint density at radius 1 is 1.20 bits per heavy atom. The Hall–Kier alpha value is -2.43. The van der Waals surface area contributed by atoms with Gasteiger partial charge in [-0.3, -0.25) is 0 Å². The highest BCUT2D eigenvalue weighted by Crippen LogP contribution is 2.38. The predicted molar refractivity (Wildman–Crippen MR) is 97.9 cm³/mol. The van der Waals surface area contributed by atoms with Crippen molar-refractivity contribution in [2.75, 3.05) is 7.11 Å². The number of esters is 1. The van der Waals surface area contributed by atoms with E-state index < -0.39 is 0 Å². The van der Waals surface area contributed by atoms with E-state index in [9.17, 15) is 4.79 Å². The molecule has 1 aliphatic rings. The summed E-state index contributed by atoms with van der Waals surface area (Å²) in [6, 6.07) is 3.99. The van der Waals surface area contributed by atoms with Crippen LogP contribution in [-0.2, 0) is 11.8 Å². The molecule has 1 aliphatic carbocycles. The van der Waals surface area contributed by atoms with Crippen LogP contribution >= 0.6 is 0 Å². The molecular weight excluding hydrogens is 314 g/mol. The van der Waals surface area contributed by atoms with E-state index in [-0.39, 0.29) is 5.97 Å². The number of carbonyl (C=O) groups is 1. The Morgan fingerprint density at radius 2 is 1.96 bits per heavy atom. The molecular formula is C20H23N3O2. The smallest absolute Gasteiger partial charge is 0.356 e. The molecule has 3 heterocycles. The van der Waals surface area contributed by atoms with Crippen molar-refractivity contribution in [3.05, 3.63) is 35.3 Å². The molecule has 0 unspecified atom stereocenters. The number of fused-ring (bicyclic) bond motifs is 3. The number of pyridine rings is 2. The van der Waals surface area contributed by atoms with Gasteiger partial charge in [0.1, 0.15) is 11.3 Å². The molecule has 3 aromatic rings. The molecule has 25 heavy (non-hydrogen) atoms. The van der Waals surface area contributed by atoms with Crippen LogP contribution in [0.25, 0.3) is 21.9 Å². The van der Waals surface area contributed by atoms with Gasteiger partial charge in [-0.05, 0) is 37.5 Å². The Balaban J connectivity index is 2.06. The maximum Gasteiger partial charge on any atom is 0.356 e. The average Bonchev–Trinajstić information content (AvgIpc) is 2.93. The van der Waals surface area contributed by atoms with Crippen LogP contribution in [0.1, 0.15) is 59.8 Å². The quantitative estimate of drug-likeness (QED) is 0.656. The fourth-order valence-corrected chi connectivity index (χ4v) is 4.12. The van der Waals surface area contributed by atoms with E-state index in [1.165, 1.54) is 26.4 Å². The largest absolute Gasteiger partial charge is 0.464 e. The summed E-state index contributed by atoms with van der Waals surface area (Å²) in [7, 11) is 3.45. The van der Waals surface area contributed by atoms with E-state index in [4.69, 9.17) is 9.72 Å². The van der Waals surface area contributed by atoms with Gasteiger partial charge in [-0.15, -0.1) is 0 Å². The molecule has 0 atom stereocenters. The number of hydrogen-bond donors (Lipinski definition) is 0. The zero-order valence-corrected chi connectivity index (χ0v) is 15.0. The van der Waals surface area contributed by atoms with Crippen molar-refractivity contribution in [1.82, 2.24) is 14.5 Å². The lowest BCUT2D eigenvalue weighted by Gasteiger charge is -2.22. The van der Waals surface area contributed by atoms with Gasteiger partial charge in [0.05, 0.1) is 18.3 Å². The molecule has 5 nitrogen and oxygen atoms in total. The molecule has 130 valence electrons. The number of aryl methyl sites for hydroxylation is 2. The van der Waals surface area contributed by atoms with Crippen LogP contribution in [0.15, 0.2) is 18.3 Å². The summed E-state index contributed by atoms with van der Waals surface area (Å²) in [5.74, 6) is 0.0153. The topological polar surface area (TPSA) is 57.0 Å². The van der Waals surface area contributed by atoms with Crippen molar-refractivity contribution in [2.24, 2.45) is 7.05 Å². The third-order valence-electron chi connectivity index (χ3n) is 5.35. The normalized spacial score (nSPS) is 15.8. The molecule has 0 radical (unpaired) electrons. The Morgan fingerprint density at radius 3 is 2.68 bits per heavy atom. The number of hydrogen-bond acceptors (Lipinski definition) is 4. The summed E-state index contributed by atoms with van der Waals surface area (Å²) < 4.78 is 7.07. The highest BCUT2D eigenvalue weighted by Gasteiger charge is 2.25. The number of aromatic nitrogens is 3. The zero-order valence-electron chi connectivity index (χ0n) is 15.0. The van der Waals surface area contributed by atoms with Crippen LogP contribution in [0.4, 0.5) is 0 Å². The second-order valence-electron chi connectivity index (χ2n) is 7.06. The lowest BCUT2D eigenvalue weighted by molar-refractivity contribution is 0.0594. The first-order chi connectivity index (χ1) is 12.1. The summed E-state index contributed by atoms with van der Waals surface area (Å²) in [6.45, 7) is 2.04. The Bertz CT molecular complexity index is 968. The van der Waals surface area contributed by atoms with E-state index in [0.29, 0.717) is 11.6 Å². The first-order valence-corrected chi connectivity index (χ1v) is 8.94. The molecule has 5 heteroatoms. The van der Waals surface area contributed by atoms with E-state index in [1.54, 1.807) is 0 Å². The monoisotopic (exact) mass is 337 g/mol. The summed E-state index contributed by atoms with van der Waals surface area (Å²) in [5, 5.41) is 2.12. The third-order valence-corrected chi connectivity index (χ3v) is 5.35. The van der Waals surface area contributed by atoms with Gasteiger partial charge in [0, 0.05) is 29.9 Å². The third kappa shape index (κ3) is 2.58. The summed E-state index contributed by atoms with van der Waals surface area (Å²) in [5.41, 5.74) is 4.56. The van der Waals surface area contributed by atoms with Gasteiger partial charge in [-0.25, -0.2) is 14.8 Å². The number of methoxy groups -OCH3 is 1. The second-order valence-corrected chi connectivity index (χ2v) is 7.06. The fourth-order valence-electron chi connectivity index (χ4n) is 4.12. The molecule has 0 spiro atoms. The first kappa shape index (κ1) is 16.1. The molecule has 0 aromatic carbocycles. The van der Waals surface area contributed by atoms with Crippen molar-refractivity contribution >= 4 is 27.9 Å². The van der Waals surface area contributed by atoms with Crippen LogP contribution in [-0.4, -0.2) is 27.6 Å². The van der Waals surface area contributed by atoms with Crippen LogP contribution in [0.2, 0.25) is 0 Å². The van der Waals surface area contributed by atoms with Crippen molar-refractivity contribution in [3.8, 4) is 0 Å². The zero-order chi connectivity index (χ0) is 17.6. The number of nitrogens with zero attached hydrogens (tertiary/aromatic N) is 3. The van der Waals surface area contributed by atoms with Crippen molar-refractivity contribution in [2.45, 2.75) is 44.9 Å². The molecule has 3 aromatic heterocycles. The summed E-state index contributed by atoms with van der Waals surface area (Å²) in [6.07, 6.45) is 7.86.